The standard InChI is InChI=1S/C16H13F3N6O/c1-20-8-12-14(24-25-23-12)11-4-2-3-10(7-11)9-26-15-21-6-5-13(22-15)16(17,18)19/h2-8H,9H2,1H3,(H,23,24,25). The van der Waals surface area contributed by atoms with Crippen molar-refractivity contribution in [3.8, 4) is 17.3 Å². The molecule has 0 amide bonds. The van der Waals surface area contributed by atoms with Crippen LogP contribution in [0.3, 0.4) is 0 Å². The van der Waals surface area contributed by atoms with E-state index in [0.717, 1.165) is 17.8 Å². The Labute approximate surface area is 146 Å². The van der Waals surface area contributed by atoms with Gasteiger partial charge in [0.2, 0.25) is 0 Å². The molecule has 1 aromatic carbocycles. The lowest BCUT2D eigenvalue weighted by Crippen LogP contribution is -2.10. The van der Waals surface area contributed by atoms with Gasteiger partial charge in [-0.3, -0.25) is 4.99 Å². The fourth-order valence-corrected chi connectivity index (χ4v) is 2.19. The van der Waals surface area contributed by atoms with Gasteiger partial charge in [-0.1, -0.05) is 18.2 Å². The monoisotopic (exact) mass is 362 g/mol. The normalized spacial score (nSPS) is 11.8. The fraction of sp³-hybridized carbons (Fsp3) is 0.188. The summed E-state index contributed by atoms with van der Waals surface area (Å²) in [6.07, 6.45) is -1.98. The number of nitrogens with zero attached hydrogens (tertiary/aromatic N) is 5. The summed E-state index contributed by atoms with van der Waals surface area (Å²) < 4.78 is 43.3. The second kappa shape index (κ2) is 7.30. The Kier molecular flexibility index (Phi) is 4.92. The third-order valence-corrected chi connectivity index (χ3v) is 3.32. The molecule has 0 saturated heterocycles. The summed E-state index contributed by atoms with van der Waals surface area (Å²) >= 11 is 0. The minimum absolute atomic E-state index is 0.00417. The number of hydrogen-bond acceptors (Lipinski definition) is 6. The summed E-state index contributed by atoms with van der Waals surface area (Å²) in [6, 6.07) is 7.61. The Bertz CT molecular complexity index is 922. The summed E-state index contributed by atoms with van der Waals surface area (Å²) in [6.45, 7) is 0.00417. The molecular formula is C16H13F3N6O. The quantitative estimate of drug-likeness (QED) is 0.705. The number of benzene rings is 1. The highest BCUT2D eigenvalue weighted by Gasteiger charge is 2.33. The average Bonchev–Trinajstić information content (AvgIpc) is 3.08. The lowest BCUT2D eigenvalue weighted by molar-refractivity contribution is -0.141. The van der Waals surface area contributed by atoms with E-state index in [1.165, 1.54) is 0 Å². The second-order valence-corrected chi connectivity index (χ2v) is 5.16. The van der Waals surface area contributed by atoms with Crippen LogP contribution in [-0.2, 0) is 12.8 Å². The number of ether oxygens (including phenoxy) is 1. The van der Waals surface area contributed by atoms with Crippen LogP contribution in [0.1, 0.15) is 17.0 Å². The molecule has 0 aliphatic heterocycles. The van der Waals surface area contributed by atoms with Crippen LogP contribution >= 0.6 is 0 Å². The Hall–Kier alpha value is -3.30. The molecule has 3 rings (SSSR count). The van der Waals surface area contributed by atoms with Crippen LogP contribution in [-0.4, -0.2) is 38.6 Å². The number of alkyl halides is 3. The van der Waals surface area contributed by atoms with E-state index < -0.39 is 11.9 Å². The Morgan fingerprint density at radius 3 is 2.85 bits per heavy atom. The first-order valence-electron chi connectivity index (χ1n) is 7.42. The van der Waals surface area contributed by atoms with Crippen molar-refractivity contribution in [3.63, 3.8) is 0 Å². The molecule has 0 unspecified atom stereocenters. The van der Waals surface area contributed by atoms with E-state index in [1.807, 2.05) is 6.07 Å². The molecule has 0 fully saturated rings. The number of H-pyrrole nitrogens is 1. The number of hydrogen-bond donors (Lipinski definition) is 1. The van der Waals surface area contributed by atoms with Gasteiger partial charge in [-0.25, -0.2) is 4.98 Å². The van der Waals surface area contributed by atoms with Crippen LogP contribution < -0.4 is 4.74 Å². The first-order chi connectivity index (χ1) is 12.5. The van der Waals surface area contributed by atoms with E-state index >= 15 is 0 Å². The van der Waals surface area contributed by atoms with Gasteiger partial charge in [-0.2, -0.15) is 33.6 Å². The predicted octanol–water partition coefficient (Wildman–Crippen LogP) is 2.91. The molecule has 0 spiro atoms. The summed E-state index contributed by atoms with van der Waals surface area (Å²) in [4.78, 5) is 11.0. The number of nitrogens with one attached hydrogen (secondary N) is 1. The summed E-state index contributed by atoms with van der Waals surface area (Å²) in [7, 11) is 1.62. The van der Waals surface area contributed by atoms with E-state index in [2.05, 4.69) is 30.4 Å². The smallest absolute Gasteiger partial charge is 0.433 e. The van der Waals surface area contributed by atoms with E-state index in [-0.39, 0.29) is 12.6 Å². The Morgan fingerprint density at radius 1 is 1.23 bits per heavy atom. The average molecular weight is 362 g/mol. The molecule has 0 saturated carbocycles. The number of aliphatic imine (C=N–C) groups is 1. The zero-order valence-corrected chi connectivity index (χ0v) is 13.5. The molecule has 3 aromatic rings. The van der Waals surface area contributed by atoms with Gasteiger partial charge in [0.15, 0.2) is 5.69 Å². The van der Waals surface area contributed by atoms with Gasteiger partial charge in [0.25, 0.3) is 0 Å². The van der Waals surface area contributed by atoms with Crippen molar-refractivity contribution in [1.29, 1.82) is 0 Å². The molecule has 0 radical (unpaired) electrons. The van der Waals surface area contributed by atoms with Gasteiger partial charge >= 0.3 is 12.2 Å². The van der Waals surface area contributed by atoms with Crippen LogP contribution in [0.15, 0.2) is 41.5 Å². The van der Waals surface area contributed by atoms with Crippen LogP contribution in [0, 0.1) is 0 Å². The highest BCUT2D eigenvalue weighted by molar-refractivity contribution is 5.86. The zero-order chi connectivity index (χ0) is 18.6. The van der Waals surface area contributed by atoms with Crippen molar-refractivity contribution in [2.75, 3.05) is 7.05 Å². The first-order valence-corrected chi connectivity index (χ1v) is 7.42. The minimum Gasteiger partial charge on any atom is -0.459 e. The Morgan fingerprint density at radius 2 is 2.08 bits per heavy atom. The first kappa shape index (κ1) is 17.5. The van der Waals surface area contributed by atoms with E-state index in [1.54, 1.807) is 31.5 Å². The lowest BCUT2D eigenvalue weighted by Gasteiger charge is -2.08. The minimum atomic E-state index is -4.55. The van der Waals surface area contributed by atoms with Crippen molar-refractivity contribution in [2.45, 2.75) is 12.8 Å². The molecule has 0 bridgehead atoms. The fourth-order valence-electron chi connectivity index (χ4n) is 2.19. The third-order valence-electron chi connectivity index (χ3n) is 3.32. The molecule has 26 heavy (non-hydrogen) atoms. The molecule has 10 heteroatoms. The van der Waals surface area contributed by atoms with Crippen LogP contribution in [0.2, 0.25) is 0 Å². The SMILES string of the molecule is CN=Cc1n[nH]nc1-c1cccc(COc2nccc(C(F)(F)F)n2)c1. The Balaban J connectivity index is 1.77. The van der Waals surface area contributed by atoms with Crippen molar-refractivity contribution >= 4 is 6.21 Å². The van der Waals surface area contributed by atoms with Gasteiger partial charge in [-0.15, -0.1) is 0 Å². The van der Waals surface area contributed by atoms with E-state index in [0.29, 0.717) is 17.0 Å². The van der Waals surface area contributed by atoms with Crippen molar-refractivity contribution in [3.05, 3.63) is 53.5 Å². The van der Waals surface area contributed by atoms with Gasteiger partial charge in [0.1, 0.15) is 18.0 Å². The summed E-state index contributed by atoms with van der Waals surface area (Å²) in [5.74, 6) is 0. The number of rotatable bonds is 5. The summed E-state index contributed by atoms with van der Waals surface area (Å²) in [5, 5.41) is 10.6. The lowest BCUT2D eigenvalue weighted by atomic mass is 10.1. The van der Waals surface area contributed by atoms with E-state index in [4.69, 9.17) is 4.74 Å². The van der Waals surface area contributed by atoms with Gasteiger partial charge in [-0.05, 0) is 17.7 Å². The number of aromatic amines is 1. The zero-order valence-electron chi connectivity index (χ0n) is 13.5. The topological polar surface area (TPSA) is 88.9 Å². The predicted molar refractivity (Wildman–Crippen MR) is 86.7 cm³/mol. The maximum Gasteiger partial charge on any atom is 0.433 e. The van der Waals surface area contributed by atoms with Crippen LogP contribution in [0.5, 0.6) is 6.01 Å². The van der Waals surface area contributed by atoms with Crippen LogP contribution in [0.25, 0.3) is 11.3 Å². The number of aromatic nitrogens is 5. The van der Waals surface area contributed by atoms with Crippen molar-refractivity contribution in [1.82, 2.24) is 25.4 Å². The highest BCUT2D eigenvalue weighted by atomic mass is 19.4. The highest BCUT2D eigenvalue weighted by Crippen LogP contribution is 2.28. The number of halogens is 3. The second-order valence-electron chi connectivity index (χ2n) is 5.16. The third kappa shape index (κ3) is 4.02. The summed E-state index contributed by atoms with van der Waals surface area (Å²) in [5.41, 5.74) is 1.60. The molecule has 0 aliphatic rings. The van der Waals surface area contributed by atoms with Gasteiger partial charge in [0, 0.05) is 18.8 Å². The maximum atomic E-state index is 12.7. The molecular weight excluding hydrogens is 349 g/mol. The molecule has 134 valence electrons. The molecule has 0 aliphatic carbocycles. The van der Waals surface area contributed by atoms with Gasteiger partial charge in [0.05, 0.1) is 6.21 Å². The van der Waals surface area contributed by atoms with Gasteiger partial charge < -0.3 is 4.74 Å². The van der Waals surface area contributed by atoms with Crippen LogP contribution in [0.4, 0.5) is 13.2 Å². The van der Waals surface area contributed by atoms with E-state index in [9.17, 15) is 13.2 Å². The largest absolute Gasteiger partial charge is 0.459 e. The molecule has 2 heterocycles. The molecule has 7 nitrogen and oxygen atoms in total. The molecule has 1 N–H and O–H groups in total. The maximum absolute atomic E-state index is 12.7. The van der Waals surface area contributed by atoms with Crippen molar-refractivity contribution in [2.24, 2.45) is 4.99 Å². The molecule has 0 atom stereocenters. The molecule has 2 aromatic heterocycles. The van der Waals surface area contributed by atoms with Crippen molar-refractivity contribution < 1.29 is 17.9 Å².